The molecule has 1 atom stereocenters. The zero-order chi connectivity index (χ0) is 19.3. The summed E-state index contributed by atoms with van der Waals surface area (Å²) in [5.41, 5.74) is 2.31. The highest BCUT2D eigenvalue weighted by atomic mass is 16.5. The fourth-order valence-corrected chi connectivity index (χ4v) is 2.80. The van der Waals surface area contributed by atoms with Crippen LogP contribution in [-0.4, -0.2) is 12.7 Å². The fourth-order valence-electron chi connectivity index (χ4n) is 2.80. The minimum Gasteiger partial charge on any atom is -0.494 e. The van der Waals surface area contributed by atoms with Crippen molar-refractivity contribution in [3.05, 3.63) is 54.1 Å². The molecule has 0 aromatic heterocycles. The number of ether oxygens (including phenoxy) is 2. The molecule has 3 heteroatoms. The van der Waals surface area contributed by atoms with Crippen molar-refractivity contribution in [2.24, 2.45) is 0 Å². The Morgan fingerprint density at radius 1 is 0.889 bits per heavy atom. The summed E-state index contributed by atoms with van der Waals surface area (Å²) in [7, 11) is 0. The average Bonchev–Trinajstić information content (AvgIpc) is 2.70. The van der Waals surface area contributed by atoms with Crippen LogP contribution in [0.2, 0.25) is 0 Å². The monoisotopic (exact) mass is 369 g/mol. The number of unbranched alkanes of at least 4 members (excludes halogenated alkanes) is 4. The van der Waals surface area contributed by atoms with E-state index in [2.05, 4.69) is 62.5 Å². The van der Waals surface area contributed by atoms with Gasteiger partial charge in [0.2, 0.25) is 0 Å². The van der Waals surface area contributed by atoms with E-state index in [9.17, 15) is 0 Å². The van der Waals surface area contributed by atoms with Crippen molar-refractivity contribution in [3.63, 3.8) is 0 Å². The van der Waals surface area contributed by atoms with Gasteiger partial charge in [-0.25, -0.2) is 0 Å². The van der Waals surface area contributed by atoms with Crippen LogP contribution in [0, 0.1) is 0 Å². The molecule has 0 aliphatic heterocycles. The number of hydrogen-bond donors (Lipinski definition) is 1. The van der Waals surface area contributed by atoms with Gasteiger partial charge in [0, 0.05) is 18.3 Å². The summed E-state index contributed by atoms with van der Waals surface area (Å²) in [4.78, 5) is 0. The third kappa shape index (κ3) is 8.38. The molecular formula is C24H35NO2. The summed E-state index contributed by atoms with van der Waals surface area (Å²) >= 11 is 0. The molecule has 1 N–H and O–H groups in total. The predicted octanol–water partition coefficient (Wildman–Crippen LogP) is 6.83. The average molecular weight is 370 g/mol. The molecule has 0 spiro atoms. The first-order valence-electron chi connectivity index (χ1n) is 10.4. The molecule has 0 saturated carbocycles. The Morgan fingerprint density at radius 2 is 1.67 bits per heavy atom. The van der Waals surface area contributed by atoms with Gasteiger partial charge in [-0.05, 0) is 49.6 Å². The molecule has 2 aromatic carbocycles. The standard InChI is InChI=1S/C24H35NO2/c1-4-6-7-8-9-17-26-23-15-13-21(14-16-23)19-25-22-11-10-12-24(18-22)27-20(3)5-2/h10-16,18,20,25H,4-9,17,19H2,1-3H3. The van der Waals surface area contributed by atoms with Crippen molar-refractivity contribution < 1.29 is 9.47 Å². The van der Waals surface area contributed by atoms with Gasteiger partial charge < -0.3 is 14.8 Å². The van der Waals surface area contributed by atoms with Crippen LogP contribution in [0.1, 0.15) is 64.9 Å². The molecule has 2 aromatic rings. The number of rotatable bonds is 13. The second-order valence-corrected chi connectivity index (χ2v) is 7.12. The summed E-state index contributed by atoms with van der Waals surface area (Å²) in [6.45, 7) is 8.06. The highest BCUT2D eigenvalue weighted by Crippen LogP contribution is 2.20. The second kappa shape index (κ2) is 12.3. The van der Waals surface area contributed by atoms with Crippen molar-refractivity contribution in [2.75, 3.05) is 11.9 Å². The largest absolute Gasteiger partial charge is 0.494 e. The van der Waals surface area contributed by atoms with Crippen molar-refractivity contribution in [1.29, 1.82) is 0 Å². The van der Waals surface area contributed by atoms with Gasteiger partial charge in [0.1, 0.15) is 11.5 Å². The van der Waals surface area contributed by atoms with Crippen LogP contribution in [0.3, 0.4) is 0 Å². The van der Waals surface area contributed by atoms with E-state index in [-0.39, 0.29) is 6.10 Å². The molecule has 27 heavy (non-hydrogen) atoms. The van der Waals surface area contributed by atoms with E-state index >= 15 is 0 Å². The van der Waals surface area contributed by atoms with Gasteiger partial charge in [0.15, 0.2) is 0 Å². The molecular weight excluding hydrogens is 334 g/mol. The Balaban J connectivity index is 1.74. The van der Waals surface area contributed by atoms with Gasteiger partial charge in [-0.3, -0.25) is 0 Å². The molecule has 0 saturated heterocycles. The van der Waals surface area contributed by atoms with Gasteiger partial charge in [-0.15, -0.1) is 0 Å². The Hall–Kier alpha value is -2.16. The molecule has 1 unspecified atom stereocenters. The van der Waals surface area contributed by atoms with Gasteiger partial charge in [-0.2, -0.15) is 0 Å². The van der Waals surface area contributed by atoms with Crippen molar-refractivity contribution in [1.82, 2.24) is 0 Å². The Bertz CT molecular complexity index is 639. The van der Waals surface area contributed by atoms with E-state index in [0.717, 1.165) is 43.2 Å². The summed E-state index contributed by atoms with van der Waals surface area (Å²) in [5, 5.41) is 3.46. The molecule has 2 rings (SSSR count). The van der Waals surface area contributed by atoms with E-state index in [1.54, 1.807) is 0 Å². The molecule has 0 bridgehead atoms. The summed E-state index contributed by atoms with van der Waals surface area (Å²) in [6.07, 6.45) is 7.56. The summed E-state index contributed by atoms with van der Waals surface area (Å²) in [6, 6.07) is 16.5. The van der Waals surface area contributed by atoms with Crippen molar-refractivity contribution in [2.45, 2.75) is 71.9 Å². The van der Waals surface area contributed by atoms with E-state index < -0.39 is 0 Å². The second-order valence-electron chi connectivity index (χ2n) is 7.12. The highest BCUT2D eigenvalue weighted by molar-refractivity contribution is 5.48. The van der Waals surface area contributed by atoms with Crippen LogP contribution in [0.15, 0.2) is 48.5 Å². The first-order chi connectivity index (χ1) is 13.2. The topological polar surface area (TPSA) is 30.5 Å². The normalized spacial score (nSPS) is 11.8. The molecule has 0 fully saturated rings. The maximum atomic E-state index is 5.88. The van der Waals surface area contributed by atoms with E-state index in [0.29, 0.717) is 0 Å². The Morgan fingerprint density at radius 3 is 2.41 bits per heavy atom. The fraction of sp³-hybridized carbons (Fsp3) is 0.500. The number of hydrogen-bond acceptors (Lipinski definition) is 3. The van der Waals surface area contributed by atoms with Crippen LogP contribution in [0.25, 0.3) is 0 Å². The quantitative estimate of drug-likeness (QED) is 0.393. The summed E-state index contributed by atoms with van der Waals surface area (Å²) < 4.78 is 11.7. The highest BCUT2D eigenvalue weighted by Gasteiger charge is 2.02. The Labute approximate surface area is 165 Å². The lowest BCUT2D eigenvalue weighted by Gasteiger charge is -2.14. The summed E-state index contributed by atoms with van der Waals surface area (Å²) in [5.74, 6) is 1.87. The lowest BCUT2D eigenvalue weighted by Crippen LogP contribution is -2.09. The molecule has 0 radical (unpaired) electrons. The first-order valence-corrected chi connectivity index (χ1v) is 10.4. The van der Waals surface area contributed by atoms with E-state index in [1.807, 2.05) is 12.1 Å². The van der Waals surface area contributed by atoms with Crippen LogP contribution in [0.4, 0.5) is 5.69 Å². The Kier molecular flexibility index (Phi) is 9.61. The van der Waals surface area contributed by atoms with Crippen LogP contribution >= 0.6 is 0 Å². The van der Waals surface area contributed by atoms with Crippen LogP contribution < -0.4 is 14.8 Å². The number of benzene rings is 2. The minimum atomic E-state index is 0.236. The van der Waals surface area contributed by atoms with E-state index in [4.69, 9.17) is 9.47 Å². The van der Waals surface area contributed by atoms with E-state index in [1.165, 1.54) is 31.2 Å². The van der Waals surface area contributed by atoms with Crippen molar-refractivity contribution >= 4 is 5.69 Å². The van der Waals surface area contributed by atoms with Crippen LogP contribution in [0.5, 0.6) is 11.5 Å². The molecule has 0 heterocycles. The zero-order valence-electron chi connectivity index (χ0n) is 17.2. The van der Waals surface area contributed by atoms with Gasteiger partial charge in [0.05, 0.1) is 12.7 Å². The zero-order valence-corrected chi connectivity index (χ0v) is 17.2. The third-order valence-electron chi connectivity index (χ3n) is 4.68. The van der Waals surface area contributed by atoms with Crippen LogP contribution in [-0.2, 0) is 6.54 Å². The number of nitrogens with one attached hydrogen (secondary N) is 1. The van der Waals surface area contributed by atoms with Gasteiger partial charge in [0.25, 0.3) is 0 Å². The van der Waals surface area contributed by atoms with Gasteiger partial charge in [-0.1, -0.05) is 57.7 Å². The number of anilines is 1. The maximum Gasteiger partial charge on any atom is 0.121 e. The molecule has 148 valence electrons. The lowest BCUT2D eigenvalue weighted by atomic mass is 10.2. The molecule has 0 aliphatic rings. The third-order valence-corrected chi connectivity index (χ3v) is 4.68. The predicted molar refractivity (Wildman–Crippen MR) is 115 cm³/mol. The lowest BCUT2D eigenvalue weighted by molar-refractivity contribution is 0.217. The smallest absolute Gasteiger partial charge is 0.121 e. The van der Waals surface area contributed by atoms with Gasteiger partial charge >= 0.3 is 0 Å². The maximum absolute atomic E-state index is 5.88. The molecule has 3 nitrogen and oxygen atoms in total. The SMILES string of the molecule is CCCCCCCOc1ccc(CNc2cccc(OC(C)CC)c2)cc1. The molecule has 0 amide bonds. The minimum absolute atomic E-state index is 0.236. The molecule has 0 aliphatic carbocycles. The van der Waals surface area contributed by atoms with Crippen molar-refractivity contribution in [3.8, 4) is 11.5 Å². The first kappa shape index (κ1) is 21.1.